The summed E-state index contributed by atoms with van der Waals surface area (Å²) in [6.45, 7) is 0.667. The van der Waals surface area contributed by atoms with Crippen molar-refractivity contribution in [1.82, 2.24) is 4.90 Å². The molecule has 31 heavy (non-hydrogen) atoms. The van der Waals surface area contributed by atoms with Crippen LogP contribution in [0.3, 0.4) is 0 Å². The van der Waals surface area contributed by atoms with Crippen LogP contribution in [0.25, 0.3) is 6.08 Å². The first kappa shape index (κ1) is 19.4. The van der Waals surface area contributed by atoms with E-state index in [2.05, 4.69) is 6.07 Å². The van der Waals surface area contributed by atoms with Crippen LogP contribution in [-0.2, 0) is 4.74 Å². The molecule has 1 unspecified atom stereocenters. The first-order valence-electron chi connectivity index (χ1n) is 9.57. The van der Waals surface area contributed by atoms with Crippen molar-refractivity contribution >= 4 is 34.7 Å². The Kier molecular flexibility index (Phi) is 4.98. The van der Waals surface area contributed by atoms with Crippen LogP contribution in [0.4, 0.5) is 0 Å². The zero-order valence-electron chi connectivity index (χ0n) is 16.3. The van der Waals surface area contributed by atoms with Crippen LogP contribution in [0, 0.1) is 11.3 Å². The molecule has 154 valence electrons. The number of nitriles is 1. The second-order valence-corrected chi connectivity index (χ2v) is 9.08. The van der Waals surface area contributed by atoms with Crippen molar-refractivity contribution in [1.29, 1.82) is 5.26 Å². The molecule has 1 atom stereocenters. The molecule has 2 N–H and O–H groups in total. The van der Waals surface area contributed by atoms with Crippen molar-refractivity contribution in [3.05, 3.63) is 97.3 Å². The molecule has 0 fully saturated rings. The van der Waals surface area contributed by atoms with E-state index < -0.39 is 0 Å². The zero-order valence-corrected chi connectivity index (χ0v) is 17.9. The Morgan fingerprint density at radius 1 is 1.19 bits per heavy atom. The number of carbonyl (C=O) groups excluding carboxylic acids is 1. The molecule has 8 heteroatoms. The predicted octanol–water partition coefficient (Wildman–Crippen LogP) is 4.70. The maximum absolute atomic E-state index is 13.1. The van der Waals surface area contributed by atoms with Gasteiger partial charge in [-0.1, -0.05) is 12.1 Å². The van der Waals surface area contributed by atoms with Crippen LogP contribution < -0.4 is 5.73 Å². The third-order valence-electron chi connectivity index (χ3n) is 5.25. The van der Waals surface area contributed by atoms with Gasteiger partial charge in [0.05, 0.1) is 18.7 Å². The Bertz CT molecular complexity index is 1240. The van der Waals surface area contributed by atoms with Gasteiger partial charge in [-0.05, 0) is 41.1 Å². The highest BCUT2D eigenvalue weighted by molar-refractivity contribution is 7.10. The number of nitrogens with two attached hydrogens (primary N) is 1. The Balaban J connectivity index is 1.65. The predicted molar refractivity (Wildman–Crippen MR) is 119 cm³/mol. The van der Waals surface area contributed by atoms with Gasteiger partial charge in [0.15, 0.2) is 5.76 Å². The van der Waals surface area contributed by atoms with Gasteiger partial charge in [-0.15, -0.1) is 22.7 Å². The van der Waals surface area contributed by atoms with E-state index in [1.807, 2.05) is 41.1 Å². The van der Waals surface area contributed by atoms with Crippen LogP contribution in [0.15, 0.2) is 86.2 Å². The van der Waals surface area contributed by atoms with Gasteiger partial charge < -0.3 is 19.8 Å². The molecule has 1 amide bonds. The molecule has 0 bridgehead atoms. The summed E-state index contributed by atoms with van der Waals surface area (Å²) in [4.78, 5) is 16.9. The zero-order chi connectivity index (χ0) is 21.4. The van der Waals surface area contributed by atoms with Crippen molar-refractivity contribution in [2.24, 2.45) is 5.73 Å². The second kappa shape index (κ2) is 7.95. The highest BCUT2D eigenvalue weighted by Gasteiger charge is 2.39. The lowest BCUT2D eigenvalue weighted by Crippen LogP contribution is -2.41. The van der Waals surface area contributed by atoms with Gasteiger partial charge in [-0.2, -0.15) is 5.26 Å². The third-order valence-corrected chi connectivity index (χ3v) is 7.00. The van der Waals surface area contributed by atoms with E-state index in [4.69, 9.17) is 14.9 Å². The molecule has 2 aliphatic heterocycles. The number of allylic oxidation sites excluding steroid dienone is 1. The monoisotopic (exact) mass is 447 g/mol. The normalized spacial score (nSPS) is 19.9. The Hall–Kier alpha value is -3.54. The van der Waals surface area contributed by atoms with E-state index in [1.165, 1.54) is 6.26 Å². The average Bonchev–Trinajstić information content (AvgIpc) is 3.56. The molecule has 0 aromatic carbocycles. The second-order valence-electron chi connectivity index (χ2n) is 7.12. The van der Waals surface area contributed by atoms with Crippen molar-refractivity contribution in [3.63, 3.8) is 0 Å². The SMILES string of the molecule is N#CC1=C(N)OC2=C(CN(C(=O)c3ccco3)C/C2=C\c2cccs2)C1c1cccs1. The number of rotatable bonds is 3. The summed E-state index contributed by atoms with van der Waals surface area (Å²) >= 11 is 3.15. The minimum Gasteiger partial charge on any atom is -0.459 e. The van der Waals surface area contributed by atoms with Gasteiger partial charge in [0.1, 0.15) is 17.4 Å². The lowest BCUT2D eigenvalue weighted by molar-refractivity contribution is 0.0736. The van der Waals surface area contributed by atoms with Gasteiger partial charge in [0.2, 0.25) is 5.88 Å². The molecule has 0 saturated heterocycles. The number of furan rings is 1. The highest BCUT2D eigenvalue weighted by Crippen LogP contribution is 2.45. The summed E-state index contributed by atoms with van der Waals surface area (Å²) in [5.41, 5.74) is 8.24. The standard InChI is InChI=1S/C23H17N3O3S2/c24-11-16-20(19-6-3-9-31-19)17-13-26(23(27)18-5-1-7-28-18)12-14(21(17)29-22(16)25)10-15-4-2-8-30-15/h1-10,20H,12-13,25H2/b14-10+. The molecule has 3 aromatic heterocycles. The Morgan fingerprint density at radius 3 is 2.71 bits per heavy atom. The number of hydrogen-bond donors (Lipinski definition) is 1. The van der Waals surface area contributed by atoms with E-state index in [1.54, 1.807) is 39.7 Å². The van der Waals surface area contributed by atoms with Gasteiger partial charge in [0, 0.05) is 27.4 Å². The number of ether oxygens (including phenoxy) is 1. The summed E-state index contributed by atoms with van der Waals surface area (Å²) in [5.74, 6) is 0.473. The van der Waals surface area contributed by atoms with E-state index in [9.17, 15) is 10.1 Å². The first-order chi connectivity index (χ1) is 15.2. The maximum Gasteiger partial charge on any atom is 0.290 e. The fourth-order valence-electron chi connectivity index (χ4n) is 3.90. The summed E-state index contributed by atoms with van der Waals surface area (Å²) in [5, 5.41) is 13.8. The molecule has 6 nitrogen and oxygen atoms in total. The first-order valence-corrected chi connectivity index (χ1v) is 11.3. The molecule has 0 saturated carbocycles. The van der Waals surface area contributed by atoms with E-state index in [0.717, 1.165) is 20.9 Å². The van der Waals surface area contributed by atoms with Gasteiger partial charge >= 0.3 is 0 Å². The minimum absolute atomic E-state index is 0.113. The molecule has 3 aromatic rings. The summed E-state index contributed by atoms with van der Waals surface area (Å²) < 4.78 is 11.3. The maximum atomic E-state index is 13.1. The van der Waals surface area contributed by atoms with Crippen molar-refractivity contribution < 1.29 is 13.9 Å². The van der Waals surface area contributed by atoms with Crippen molar-refractivity contribution in [3.8, 4) is 6.07 Å². The minimum atomic E-state index is -0.354. The van der Waals surface area contributed by atoms with E-state index >= 15 is 0 Å². The smallest absolute Gasteiger partial charge is 0.290 e. The topological polar surface area (TPSA) is 92.5 Å². The Labute approximate surface area is 186 Å². The number of nitrogens with zero attached hydrogens (tertiary/aromatic N) is 2. The molecule has 5 heterocycles. The van der Waals surface area contributed by atoms with Crippen molar-refractivity contribution in [2.75, 3.05) is 13.1 Å². The third kappa shape index (κ3) is 3.48. The highest BCUT2D eigenvalue weighted by atomic mass is 32.1. The molecule has 0 aliphatic carbocycles. The Morgan fingerprint density at radius 2 is 2.03 bits per heavy atom. The van der Waals surface area contributed by atoms with Gasteiger partial charge in [-0.3, -0.25) is 4.79 Å². The molecule has 0 radical (unpaired) electrons. The van der Waals surface area contributed by atoms with Crippen LogP contribution >= 0.6 is 22.7 Å². The lowest BCUT2D eigenvalue weighted by atomic mass is 9.83. The average molecular weight is 448 g/mol. The number of thiophene rings is 2. The fraction of sp³-hybridized carbons (Fsp3) is 0.130. The molecular formula is C23H17N3O3S2. The van der Waals surface area contributed by atoms with Crippen LogP contribution in [0.1, 0.15) is 26.2 Å². The van der Waals surface area contributed by atoms with Crippen LogP contribution in [-0.4, -0.2) is 23.9 Å². The van der Waals surface area contributed by atoms with Crippen molar-refractivity contribution in [2.45, 2.75) is 5.92 Å². The van der Waals surface area contributed by atoms with Gasteiger partial charge in [-0.25, -0.2) is 0 Å². The quantitative estimate of drug-likeness (QED) is 0.628. The summed E-state index contributed by atoms with van der Waals surface area (Å²) in [6.07, 6.45) is 3.50. The fourth-order valence-corrected chi connectivity index (χ4v) is 5.45. The lowest BCUT2D eigenvalue weighted by Gasteiger charge is -2.37. The number of carbonyl (C=O) groups is 1. The summed E-state index contributed by atoms with van der Waals surface area (Å²) in [6, 6.07) is 13.5. The number of hydrogen-bond acceptors (Lipinski definition) is 7. The molecular weight excluding hydrogens is 430 g/mol. The largest absolute Gasteiger partial charge is 0.459 e. The van der Waals surface area contributed by atoms with Crippen LogP contribution in [0.2, 0.25) is 0 Å². The molecule has 2 aliphatic rings. The van der Waals surface area contributed by atoms with Crippen LogP contribution in [0.5, 0.6) is 0 Å². The number of amides is 1. The summed E-state index contributed by atoms with van der Waals surface area (Å²) in [7, 11) is 0. The molecule has 0 spiro atoms. The van der Waals surface area contributed by atoms with E-state index in [0.29, 0.717) is 24.4 Å². The molecule has 5 rings (SSSR count). The van der Waals surface area contributed by atoms with E-state index in [-0.39, 0.29) is 23.5 Å². The van der Waals surface area contributed by atoms with Gasteiger partial charge in [0.25, 0.3) is 5.91 Å².